The fourth-order valence-electron chi connectivity index (χ4n) is 15.3. The highest BCUT2D eigenvalue weighted by Gasteiger charge is 2.54. The molecule has 19 nitrogen and oxygen atoms in total. The van der Waals surface area contributed by atoms with Crippen LogP contribution in [0.2, 0.25) is 0 Å². The van der Waals surface area contributed by atoms with Crippen LogP contribution in [0.5, 0.6) is 0 Å². The maximum Gasteiger partial charge on any atom is 0.220 e. The molecule has 0 aromatic heterocycles. The van der Waals surface area contributed by atoms with Crippen LogP contribution in [0.3, 0.4) is 0 Å². The molecule has 3 rings (SSSR count). The fraction of sp³-hybridized carbons (Fsp3) is 0.840. The smallest absolute Gasteiger partial charge is 0.220 e. The van der Waals surface area contributed by atoms with Crippen molar-refractivity contribution in [2.24, 2.45) is 0 Å². The highest BCUT2D eigenvalue weighted by molar-refractivity contribution is 5.76. The van der Waals surface area contributed by atoms with Gasteiger partial charge in [0.15, 0.2) is 18.9 Å². The van der Waals surface area contributed by atoms with Gasteiger partial charge in [0.25, 0.3) is 0 Å². The number of carbonyl (C=O) groups is 1. The van der Waals surface area contributed by atoms with E-state index in [9.17, 15) is 61.0 Å². The van der Waals surface area contributed by atoms with Crippen molar-refractivity contribution in [3.8, 4) is 0 Å². The van der Waals surface area contributed by atoms with Crippen LogP contribution in [0.25, 0.3) is 0 Å². The summed E-state index contributed by atoms with van der Waals surface area (Å²) >= 11 is 0. The van der Waals surface area contributed by atoms with E-state index in [4.69, 9.17) is 28.4 Å². The van der Waals surface area contributed by atoms with Crippen molar-refractivity contribution in [1.82, 2.24) is 5.32 Å². The molecule has 0 bridgehead atoms. The molecule has 0 aliphatic carbocycles. The van der Waals surface area contributed by atoms with Crippen molar-refractivity contribution in [2.75, 3.05) is 26.4 Å². The summed E-state index contributed by atoms with van der Waals surface area (Å²) < 4.78 is 34.5. The first-order valence-corrected chi connectivity index (χ1v) is 46.3. The predicted molar refractivity (Wildman–Crippen MR) is 457 cm³/mol. The SMILES string of the molecule is CC/C=C\C/C=C\C/C=C\C/C=C\CCCCCCCCCCCCCCCCCCCCCCCCCCC(=O)NC(COC1OC(CO)C(OC2OC(CO)C(OC3OC(CO)C(O)C(O)C3O)C(O)C2O)C(O)C1O)C(O)/C=C/CC/C=C/CC/C=C/CCCCCCCCCCCCCCCCCCCCCCC. The topological polar surface area (TPSA) is 307 Å². The van der Waals surface area contributed by atoms with Gasteiger partial charge in [-0.25, -0.2) is 0 Å². The maximum absolute atomic E-state index is 13.5. The summed E-state index contributed by atoms with van der Waals surface area (Å²) in [7, 11) is 0. The first-order valence-electron chi connectivity index (χ1n) is 46.3. The molecule has 3 aliphatic heterocycles. The normalized spacial score (nSPS) is 25.2. The molecule has 12 N–H and O–H groups in total. The Morgan fingerprint density at radius 1 is 0.327 bits per heavy atom. The van der Waals surface area contributed by atoms with Gasteiger partial charge in [0, 0.05) is 6.42 Å². The minimum absolute atomic E-state index is 0.233. The van der Waals surface area contributed by atoms with Crippen molar-refractivity contribution in [2.45, 2.75) is 478 Å². The standard InChI is InChI=1S/C94H169NO18/c1-3-5-7-9-11-13-15-17-19-21-23-25-27-29-31-33-35-36-37-38-39-40-42-44-46-48-50-52-54-56-58-60-62-64-66-68-70-72-82(100)95-77(78(99)71-69-67-65-63-61-59-57-55-53-51-49-47-45-43-41-34-32-30-28-26-24-22-20-18-16-14-12-10-8-6-4-2)76-108-92-88(106)85(103)90(80(74-97)110-92)113-94-89(107)86(104)91(81(75-98)111-94)112-93-87(105)84(102)83(101)79(73-96)109-93/h5,7,11,13,17,19,23,25,53,55,61,63,69,71,77-81,83-94,96-99,101-107H,3-4,6,8-10,12,14-16,18,20-22,24,26-52,54,56-60,62,64-68,70,72-76H2,1-2H3,(H,95,100)/b7-5-,13-11-,19-17-,25-23-,55-53+,63-61+,71-69+. The minimum atomic E-state index is -1.99. The van der Waals surface area contributed by atoms with Gasteiger partial charge in [0.2, 0.25) is 5.91 Å². The molecule has 0 saturated carbocycles. The number of aliphatic hydroxyl groups is 11. The van der Waals surface area contributed by atoms with Gasteiger partial charge in [-0.1, -0.05) is 369 Å². The van der Waals surface area contributed by atoms with E-state index in [-0.39, 0.29) is 18.9 Å². The van der Waals surface area contributed by atoms with Crippen LogP contribution in [0, 0.1) is 0 Å². The number of hydrogen-bond acceptors (Lipinski definition) is 18. The summed E-state index contributed by atoms with van der Waals surface area (Å²) in [5.74, 6) is -0.284. The van der Waals surface area contributed by atoms with Crippen molar-refractivity contribution in [3.05, 3.63) is 85.1 Å². The van der Waals surface area contributed by atoms with Crippen molar-refractivity contribution >= 4 is 5.91 Å². The monoisotopic (exact) mass is 1600 g/mol. The summed E-state index contributed by atoms with van der Waals surface area (Å²) in [5, 5.41) is 121. The van der Waals surface area contributed by atoms with E-state index in [1.807, 2.05) is 6.08 Å². The molecule has 17 unspecified atom stereocenters. The molecule has 3 fully saturated rings. The Morgan fingerprint density at radius 3 is 0.991 bits per heavy atom. The molecule has 3 aliphatic rings. The predicted octanol–water partition coefficient (Wildman–Crippen LogP) is 18.1. The van der Waals surface area contributed by atoms with Gasteiger partial charge < -0.3 is 89.9 Å². The molecule has 19 heteroatoms. The number of nitrogens with one attached hydrogen (secondary N) is 1. The lowest BCUT2D eigenvalue weighted by atomic mass is 9.96. The second-order valence-electron chi connectivity index (χ2n) is 32.7. The van der Waals surface area contributed by atoms with E-state index < -0.39 is 124 Å². The average molecular weight is 1600 g/mol. The quantitative estimate of drug-likeness (QED) is 0.0199. The lowest BCUT2D eigenvalue weighted by molar-refractivity contribution is -0.379. The van der Waals surface area contributed by atoms with Gasteiger partial charge in [-0.05, 0) is 83.5 Å². The molecule has 0 spiro atoms. The third-order valence-corrected chi connectivity index (χ3v) is 22.7. The Balaban J connectivity index is 1.32. The van der Waals surface area contributed by atoms with Crippen LogP contribution in [-0.2, 0) is 33.2 Å². The third kappa shape index (κ3) is 51.3. The summed E-state index contributed by atoms with van der Waals surface area (Å²) in [6.07, 6.45) is 73.2. The highest BCUT2D eigenvalue weighted by atomic mass is 16.8. The average Bonchev–Trinajstić information content (AvgIpc) is 0.779. The molecular formula is C94H169NO18. The Morgan fingerprint density at radius 2 is 0.619 bits per heavy atom. The van der Waals surface area contributed by atoms with Gasteiger partial charge >= 0.3 is 0 Å². The molecule has 0 aromatic rings. The van der Waals surface area contributed by atoms with Crippen LogP contribution in [0.4, 0.5) is 0 Å². The summed E-state index contributed by atoms with van der Waals surface area (Å²) in [6.45, 7) is 1.65. The van der Waals surface area contributed by atoms with Gasteiger partial charge in [-0.2, -0.15) is 0 Å². The minimum Gasteiger partial charge on any atom is -0.394 e. The maximum atomic E-state index is 13.5. The number of rotatable bonds is 75. The zero-order chi connectivity index (χ0) is 81.7. The third-order valence-electron chi connectivity index (χ3n) is 22.7. The summed E-state index contributed by atoms with van der Waals surface area (Å²) in [6, 6.07) is -1.00. The largest absolute Gasteiger partial charge is 0.394 e. The molecule has 3 heterocycles. The zero-order valence-corrected chi connectivity index (χ0v) is 71.1. The van der Waals surface area contributed by atoms with Gasteiger partial charge in [0.1, 0.15) is 73.2 Å². The molecule has 113 heavy (non-hydrogen) atoms. The van der Waals surface area contributed by atoms with Crippen LogP contribution in [0.1, 0.15) is 373 Å². The second-order valence-corrected chi connectivity index (χ2v) is 32.7. The number of aliphatic hydroxyl groups excluding tert-OH is 11. The van der Waals surface area contributed by atoms with Gasteiger partial charge in [-0.15, -0.1) is 0 Å². The number of carbonyl (C=O) groups excluding carboxylic acids is 1. The van der Waals surface area contributed by atoms with Gasteiger partial charge in [-0.3, -0.25) is 4.79 Å². The van der Waals surface area contributed by atoms with Crippen LogP contribution in [-0.4, -0.2) is 193 Å². The van der Waals surface area contributed by atoms with Crippen LogP contribution >= 0.6 is 0 Å². The second kappa shape index (κ2) is 72.9. The molecule has 1 amide bonds. The molecule has 658 valence electrons. The Kier molecular flexibility index (Phi) is 67.2. The molecular weight excluding hydrogens is 1430 g/mol. The molecule has 0 aromatic carbocycles. The molecule has 3 saturated heterocycles. The number of ether oxygens (including phenoxy) is 6. The number of allylic oxidation sites excluding steroid dienone is 13. The van der Waals surface area contributed by atoms with Crippen LogP contribution < -0.4 is 5.32 Å². The van der Waals surface area contributed by atoms with E-state index in [0.29, 0.717) is 12.8 Å². The Hall–Kier alpha value is -3.03. The van der Waals surface area contributed by atoms with Crippen molar-refractivity contribution < 1.29 is 89.4 Å². The van der Waals surface area contributed by atoms with Crippen molar-refractivity contribution in [3.63, 3.8) is 0 Å². The van der Waals surface area contributed by atoms with E-state index in [1.54, 1.807) is 6.08 Å². The highest BCUT2D eigenvalue weighted by Crippen LogP contribution is 2.34. The van der Waals surface area contributed by atoms with E-state index in [0.717, 1.165) is 70.6 Å². The lowest BCUT2D eigenvalue weighted by Gasteiger charge is -2.48. The zero-order valence-electron chi connectivity index (χ0n) is 71.1. The summed E-state index contributed by atoms with van der Waals surface area (Å²) in [4.78, 5) is 13.5. The van der Waals surface area contributed by atoms with E-state index in [1.165, 1.54) is 270 Å². The molecule has 0 radical (unpaired) electrons. The van der Waals surface area contributed by atoms with E-state index >= 15 is 0 Å². The lowest BCUT2D eigenvalue weighted by Crippen LogP contribution is -2.66. The number of amides is 1. The van der Waals surface area contributed by atoms with Crippen molar-refractivity contribution in [1.29, 1.82) is 0 Å². The fourth-order valence-corrected chi connectivity index (χ4v) is 15.3. The van der Waals surface area contributed by atoms with Crippen LogP contribution in [0.15, 0.2) is 85.1 Å². The Labute approximate surface area is 686 Å². The first kappa shape index (κ1) is 104. The van der Waals surface area contributed by atoms with Gasteiger partial charge in [0.05, 0.1) is 38.6 Å². The first-order chi connectivity index (χ1) is 55.3. The Bertz CT molecular complexity index is 2370. The molecule has 17 atom stereocenters. The summed E-state index contributed by atoms with van der Waals surface area (Å²) in [5.41, 5.74) is 0. The van der Waals surface area contributed by atoms with E-state index in [2.05, 4.69) is 92.1 Å². The number of hydrogen-bond donors (Lipinski definition) is 12. The number of unbranched alkanes of at least 4 members (excludes halogenated alkanes) is 47.